The molecule has 0 spiro atoms. The lowest BCUT2D eigenvalue weighted by Crippen LogP contribution is -2.50. The van der Waals surface area contributed by atoms with Gasteiger partial charge < -0.3 is 16.2 Å². The maximum atomic E-state index is 11.5. The summed E-state index contributed by atoms with van der Waals surface area (Å²) in [5.41, 5.74) is 5.52. The largest absolute Gasteiger partial charge is 0.391 e. The number of nitrogens with one attached hydrogen (secondary N) is 1. The van der Waals surface area contributed by atoms with Gasteiger partial charge in [0, 0.05) is 6.04 Å². The predicted octanol–water partition coefficient (Wildman–Crippen LogP) is 0.143. The van der Waals surface area contributed by atoms with Gasteiger partial charge in [0.15, 0.2) is 0 Å². The van der Waals surface area contributed by atoms with Crippen molar-refractivity contribution in [1.82, 2.24) is 5.32 Å². The minimum Gasteiger partial charge on any atom is -0.391 e. The fourth-order valence-corrected chi connectivity index (χ4v) is 1.76. The lowest BCUT2D eigenvalue weighted by Gasteiger charge is -2.25. The summed E-state index contributed by atoms with van der Waals surface area (Å²) in [5.74, 6) is -0.230. The van der Waals surface area contributed by atoms with Gasteiger partial charge in [-0.1, -0.05) is 19.3 Å². The first kappa shape index (κ1) is 11.5. The fourth-order valence-electron chi connectivity index (χ4n) is 1.76. The Kier molecular flexibility index (Phi) is 4.35. The van der Waals surface area contributed by atoms with Gasteiger partial charge in [0.2, 0.25) is 5.91 Å². The average Bonchev–Trinajstić information content (AvgIpc) is 2.18. The number of aliphatic hydroxyl groups excluding tert-OH is 1. The Morgan fingerprint density at radius 1 is 1.43 bits per heavy atom. The fraction of sp³-hybridized carbons (Fsp3) is 0.900. The normalized spacial score (nSPS) is 22.8. The molecule has 82 valence electrons. The van der Waals surface area contributed by atoms with E-state index in [1.54, 1.807) is 0 Å². The van der Waals surface area contributed by atoms with Crippen molar-refractivity contribution >= 4 is 5.91 Å². The van der Waals surface area contributed by atoms with Crippen LogP contribution in [0.2, 0.25) is 0 Å². The maximum absolute atomic E-state index is 11.5. The minimum absolute atomic E-state index is 0.230. The third kappa shape index (κ3) is 3.27. The lowest BCUT2D eigenvalue weighted by molar-refractivity contribution is -0.125. The molecule has 1 saturated carbocycles. The summed E-state index contributed by atoms with van der Waals surface area (Å²) in [5, 5.41) is 12.0. The Morgan fingerprint density at radius 3 is 2.50 bits per heavy atom. The number of hydrogen-bond donors (Lipinski definition) is 3. The number of nitrogens with two attached hydrogens (primary N) is 1. The van der Waals surface area contributed by atoms with Gasteiger partial charge in [-0.3, -0.25) is 4.79 Å². The summed E-state index contributed by atoms with van der Waals surface area (Å²) in [6, 6.07) is -0.530. The van der Waals surface area contributed by atoms with Gasteiger partial charge in [-0.05, 0) is 19.8 Å². The quantitative estimate of drug-likeness (QED) is 0.606. The highest BCUT2D eigenvalue weighted by Gasteiger charge is 2.22. The number of carbonyl (C=O) groups excluding carboxylic acids is 1. The van der Waals surface area contributed by atoms with Crippen molar-refractivity contribution in [3.05, 3.63) is 0 Å². The predicted molar refractivity (Wildman–Crippen MR) is 54.7 cm³/mol. The van der Waals surface area contributed by atoms with E-state index in [4.69, 9.17) is 10.8 Å². The Hall–Kier alpha value is -0.610. The maximum Gasteiger partial charge on any atom is 0.239 e. The van der Waals surface area contributed by atoms with Crippen LogP contribution in [0.4, 0.5) is 0 Å². The van der Waals surface area contributed by atoms with Crippen LogP contribution in [0.5, 0.6) is 0 Å². The molecule has 0 radical (unpaired) electrons. The van der Waals surface area contributed by atoms with Crippen molar-refractivity contribution in [1.29, 1.82) is 0 Å². The van der Waals surface area contributed by atoms with Crippen LogP contribution in [0.1, 0.15) is 39.0 Å². The number of aliphatic hydroxyl groups is 1. The molecule has 0 aromatic carbocycles. The van der Waals surface area contributed by atoms with E-state index in [2.05, 4.69) is 5.32 Å². The first-order chi connectivity index (χ1) is 6.61. The molecule has 4 N–H and O–H groups in total. The second-order valence-corrected chi connectivity index (χ2v) is 4.11. The number of hydrogen-bond acceptors (Lipinski definition) is 3. The van der Waals surface area contributed by atoms with E-state index in [-0.39, 0.29) is 11.9 Å². The van der Waals surface area contributed by atoms with Crippen LogP contribution in [0.15, 0.2) is 0 Å². The Balaban J connectivity index is 2.31. The summed E-state index contributed by atoms with van der Waals surface area (Å²) in [7, 11) is 0. The smallest absolute Gasteiger partial charge is 0.239 e. The van der Waals surface area contributed by atoms with Gasteiger partial charge in [-0.2, -0.15) is 0 Å². The van der Waals surface area contributed by atoms with Crippen LogP contribution in [-0.2, 0) is 4.79 Å². The molecule has 0 saturated heterocycles. The van der Waals surface area contributed by atoms with Crippen LogP contribution < -0.4 is 11.1 Å². The highest BCUT2D eigenvalue weighted by Crippen LogP contribution is 2.17. The van der Waals surface area contributed by atoms with Crippen molar-refractivity contribution in [3.63, 3.8) is 0 Å². The van der Waals surface area contributed by atoms with E-state index in [1.807, 2.05) is 0 Å². The Morgan fingerprint density at radius 2 is 2.00 bits per heavy atom. The molecule has 4 nitrogen and oxygen atoms in total. The highest BCUT2D eigenvalue weighted by molar-refractivity contribution is 5.82. The third-order valence-corrected chi connectivity index (χ3v) is 2.77. The molecular weight excluding hydrogens is 180 g/mol. The molecule has 0 aromatic rings. The van der Waals surface area contributed by atoms with Crippen LogP contribution >= 0.6 is 0 Å². The second kappa shape index (κ2) is 5.32. The van der Waals surface area contributed by atoms with Gasteiger partial charge in [-0.15, -0.1) is 0 Å². The van der Waals surface area contributed by atoms with Crippen molar-refractivity contribution < 1.29 is 9.90 Å². The van der Waals surface area contributed by atoms with Crippen molar-refractivity contribution in [3.8, 4) is 0 Å². The van der Waals surface area contributed by atoms with Crippen molar-refractivity contribution in [2.75, 3.05) is 0 Å². The van der Waals surface area contributed by atoms with Crippen LogP contribution in [-0.4, -0.2) is 29.2 Å². The standard InChI is InChI=1S/C10H20N2O2/c1-7(13)9(11)10(14)12-8-5-3-2-4-6-8/h7-9,13H,2-6,11H2,1H3,(H,12,14)/t7-,9+/m0/s1. The molecule has 0 unspecified atom stereocenters. The zero-order chi connectivity index (χ0) is 10.6. The molecule has 2 atom stereocenters. The lowest BCUT2D eigenvalue weighted by atomic mass is 9.95. The highest BCUT2D eigenvalue weighted by atomic mass is 16.3. The number of rotatable bonds is 3. The van der Waals surface area contributed by atoms with Crippen LogP contribution in [0.25, 0.3) is 0 Å². The van der Waals surface area contributed by atoms with E-state index in [9.17, 15) is 4.79 Å². The molecule has 0 bridgehead atoms. The number of carbonyl (C=O) groups is 1. The monoisotopic (exact) mass is 200 g/mol. The topological polar surface area (TPSA) is 75.3 Å². The Bertz CT molecular complexity index is 189. The summed E-state index contributed by atoms with van der Waals surface area (Å²) < 4.78 is 0. The van der Waals surface area contributed by atoms with E-state index in [0.717, 1.165) is 12.8 Å². The second-order valence-electron chi connectivity index (χ2n) is 4.11. The molecule has 1 aliphatic carbocycles. The van der Waals surface area contributed by atoms with Crippen molar-refractivity contribution in [2.45, 2.75) is 57.2 Å². The zero-order valence-corrected chi connectivity index (χ0v) is 8.70. The molecule has 1 rings (SSSR count). The van der Waals surface area contributed by atoms with E-state index in [0.29, 0.717) is 0 Å². The molecule has 0 aromatic heterocycles. The summed E-state index contributed by atoms with van der Waals surface area (Å²) in [6.07, 6.45) is 4.91. The van der Waals surface area contributed by atoms with Crippen molar-refractivity contribution in [2.24, 2.45) is 5.73 Å². The SMILES string of the molecule is C[C@H](O)[C@@H](N)C(=O)NC1CCCCC1. The molecule has 14 heavy (non-hydrogen) atoms. The molecule has 1 aliphatic rings. The zero-order valence-electron chi connectivity index (χ0n) is 8.70. The average molecular weight is 200 g/mol. The summed E-state index contributed by atoms with van der Waals surface area (Å²) in [6.45, 7) is 1.53. The van der Waals surface area contributed by atoms with Gasteiger partial charge in [0.1, 0.15) is 6.04 Å². The summed E-state index contributed by atoms with van der Waals surface area (Å²) in [4.78, 5) is 11.5. The van der Waals surface area contributed by atoms with Gasteiger partial charge in [0.05, 0.1) is 6.10 Å². The van der Waals surface area contributed by atoms with Gasteiger partial charge >= 0.3 is 0 Å². The molecular formula is C10H20N2O2. The van der Waals surface area contributed by atoms with Crippen LogP contribution in [0, 0.1) is 0 Å². The first-order valence-electron chi connectivity index (χ1n) is 5.35. The number of amides is 1. The molecule has 0 heterocycles. The van der Waals surface area contributed by atoms with Crippen LogP contribution in [0.3, 0.4) is 0 Å². The molecule has 0 aliphatic heterocycles. The van der Waals surface area contributed by atoms with E-state index in [1.165, 1.54) is 26.2 Å². The minimum atomic E-state index is -0.795. The molecule has 1 amide bonds. The molecule has 4 heteroatoms. The van der Waals surface area contributed by atoms with Gasteiger partial charge in [0.25, 0.3) is 0 Å². The molecule has 1 fully saturated rings. The van der Waals surface area contributed by atoms with E-state index < -0.39 is 12.1 Å². The first-order valence-corrected chi connectivity index (χ1v) is 5.35. The Labute approximate surface area is 84.9 Å². The summed E-state index contributed by atoms with van der Waals surface area (Å²) >= 11 is 0. The third-order valence-electron chi connectivity index (χ3n) is 2.77. The van der Waals surface area contributed by atoms with E-state index >= 15 is 0 Å². The van der Waals surface area contributed by atoms with Gasteiger partial charge in [-0.25, -0.2) is 0 Å².